The normalized spacial score (nSPS) is 17.2. The fourth-order valence-electron chi connectivity index (χ4n) is 3.26. The van der Waals surface area contributed by atoms with Crippen LogP contribution in [0.25, 0.3) is 0 Å². The van der Waals surface area contributed by atoms with E-state index in [4.69, 9.17) is 0 Å². The molecule has 0 spiro atoms. The predicted molar refractivity (Wildman–Crippen MR) is 84.3 cm³/mol. The molecule has 0 amide bonds. The van der Waals surface area contributed by atoms with Gasteiger partial charge < -0.3 is 4.90 Å². The number of hydrogen-bond acceptors (Lipinski definition) is 2. The molecule has 2 heteroatoms. The molecule has 0 radical (unpaired) electrons. The van der Waals surface area contributed by atoms with E-state index >= 15 is 0 Å². The van der Waals surface area contributed by atoms with Crippen molar-refractivity contribution in [3.8, 4) is 0 Å². The molecule has 110 valence electrons. The van der Waals surface area contributed by atoms with Crippen LogP contribution < -0.4 is 0 Å². The van der Waals surface area contributed by atoms with Crippen LogP contribution in [0.3, 0.4) is 0 Å². The summed E-state index contributed by atoms with van der Waals surface area (Å²) in [6.07, 6.45) is 3.88. The fourth-order valence-corrected chi connectivity index (χ4v) is 3.26. The van der Waals surface area contributed by atoms with Gasteiger partial charge in [-0.15, -0.1) is 0 Å². The lowest BCUT2D eigenvalue weighted by molar-refractivity contribution is 0.0743. The van der Waals surface area contributed by atoms with Crippen molar-refractivity contribution in [2.45, 2.75) is 47.0 Å². The third-order valence-electron chi connectivity index (χ3n) is 4.39. The topological polar surface area (TPSA) is 20.3 Å². The Morgan fingerprint density at radius 2 is 1.65 bits per heavy atom. The monoisotopic (exact) mass is 273 g/mol. The zero-order valence-corrected chi connectivity index (χ0v) is 13.3. The van der Waals surface area contributed by atoms with Crippen LogP contribution in [-0.4, -0.2) is 30.3 Å². The Labute approximate surface area is 123 Å². The highest BCUT2D eigenvalue weighted by molar-refractivity contribution is 6.02. The van der Waals surface area contributed by atoms with Crippen LogP contribution in [0.1, 0.15) is 54.6 Å². The first-order chi connectivity index (χ1) is 9.42. The summed E-state index contributed by atoms with van der Waals surface area (Å²) in [5.41, 5.74) is 2.81. The Balaban J connectivity index is 2.17. The molecular weight excluding hydrogens is 246 g/mol. The molecule has 0 unspecified atom stereocenters. The van der Waals surface area contributed by atoms with E-state index < -0.39 is 0 Å². The molecule has 1 fully saturated rings. The standard InChI is InChI=1S/C18H27NO/c1-14-9-8-10-15(2)16(14)17(20)18(3,4)13-19-11-6-5-7-12-19/h8-10H,5-7,11-13H2,1-4H3. The molecule has 1 aliphatic rings. The first-order valence-electron chi connectivity index (χ1n) is 7.75. The SMILES string of the molecule is Cc1cccc(C)c1C(=O)C(C)(C)CN1CCCCC1. The lowest BCUT2D eigenvalue weighted by Gasteiger charge is -2.34. The van der Waals surface area contributed by atoms with E-state index in [1.54, 1.807) is 0 Å². The molecule has 1 aromatic rings. The summed E-state index contributed by atoms with van der Waals surface area (Å²) < 4.78 is 0. The van der Waals surface area contributed by atoms with Gasteiger partial charge in [0.2, 0.25) is 0 Å². The number of rotatable bonds is 4. The molecule has 20 heavy (non-hydrogen) atoms. The van der Waals surface area contributed by atoms with Crippen LogP contribution in [0, 0.1) is 19.3 Å². The predicted octanol–water partition coefficient (Wildman–Crippen LogP) is 4.00. The first-order valence-corrected chi connectivity index (χ1v) is 7.75. The van der Waals surface area contributed by atoms with E-state index in [1.165, 1.54) is 19.3 Å². The number of benzene rings is 1. The van der Waals surface area contributed by atoms with Crippen molar-refractivity contribution in [2.75, 3.05) is 19.6 Å². The van der Waals surface area contributed by atoms with Gasteiger partial charge in [-0.3, -0.25) is 4.79 Å². The number of hydrogen-bond donors (Lipinski definition) is 0. The van der Waals surface area contributed by atoms with E-state index in [0.29, 0.717) is 5.78 Å². The third kappa shape index (κ3) is 3.29. The van der Waals surface area contributed by atoms with E-state index in [2.05, 4.69) is 18.7 Å². The minimum atomic E-state index is -0.311. The summed E-state index contributed by atoms with van der Waals surface area (Å²) in [5.74, 6) is 0.290. The summed E-state index contributed by atoms with van der Waals surface area (Å²) in [6, 6.07) is 6.10. The maximum atomic E-state index is 13.0. The van der Waals surface area contributed by atoms with Gasteiger partial charge in [0, 0.05) is 17.5 Å². The minimum Gasteiger partial charge on any atom is -0.302 e. The highest BCUT2D eigenvalue weighted by Crippen LogP contribution is 2.28. The van der Waals surface area contributed by atoms with Crippen LogP contribution in [0.15, 0.2) is 18.2 Å². The molecular formula is C18H27NO. The molecule has 1 aromatic carbocycles. The smallest absolute Gasteiger partial charge is 0.170 e. The number of nitrogens with zero attached hydrogens (tertiary/aromatic N) is 1. The van der Waals surface area contributed by atoms with Crippen LogP contribution in [0.4, 0.5) is 0 Å². The zero-order valence-electron chi connectivity index (χ0n) is 13.3. The maximum absolute atomic E-state index is 13.0. The Hall–Kier alpha value is -1.15. The van der Waals surface area contributed by atoms with Crippen molar-refractivity contribution >= 4 is 5.78 Å². The van der Waals surface area contributed by atoms with Gasteiger partial charge in [-0.25, -0.2) is 0 Å². The number of Topliss-reactive ketones (excluding diaryl/α,β-unsaturated/α-hetero) is 1. The number of ketones is 1. The number of aryl methyl sites for hydroxylation is 2. The quantitative estimate of drug-likeness (QED) is 0.773. The molecule has 0 N–H and O–H groups in total. The highest BCUT2D eigenvalue weighted by atomic mass is 16.1. The average Bonchev–Trinajstić information content (AvgIpc) is 2.39. The van der Waals surface area contributed by atoms with E-state index in [-0.39, 0.29) is 5.41 Å². The van der Waals surface area contributed by atoms with Crippen molar-refractivity contribution in [1.82, 2.24) is 4.90 Å². The van der Waals surface area contributed by atoms with E-state index in [9.17, 15) is 4.79 Å². The lowest BCUT2D eigenvalue weighted by atomic mass is 9.80. The Morgan fingerprint density at radius 1 is 1.10 bits per heavy atom. The van der Waals surface area contributed by atoms with Crippen molar-refractivity contribution in [2.24, 2.45) is 5.41 Å². The van der Waals surface area contributed by atoms with Gasteiger partial charge in [0.15, 0.2) is 5.78 Å². The molecule has 2 nitrogen and oxygen atoms in total. The average molecular weight is 273 g/mol. The van der Waals surface area contributed by atoms with Crippen molar-refractivity contribution < 1.29 is 4.79 Å². The number of carbonyl (C=O) groups excluding carboxylic acids is 1. The second-order valence-electron chi connectivity index (χ2n) is 6.82. The van der Waals surface area contributed by atoms with Crippen LogP contribution >= 0.6 is 0 Å². The molecule has 1 heterocycles. The Morgan fingerprint density at radius 3 is 2.20 bits per heavy atom. The molecule has 1 aliphatic heterocycles. The largest absolute Gasteiger partial charge is 0.302 e. The Kier molecular flexibility index (Phi) is 4.64. The zero-order chi connectivity index (χ0) is 14.8. The molecule has 0 saturated carbocycles. The molecule has 2 rings (SSSR count). The maximum Gasteiger partial charge on any atom is 0.170 e. The highest BCUT2D eigenvalue weighted by Gasteiger charge is 2.32. The third-order valence-corrected chi connectivity index (χ3v) is 4.39. The number of piperidine rings is 1. The summed E-state index contributed by atoms with van der Waals surface area (Å²) in [5, 5.41) is 0. The molecule has 0 bridgehead atoms. The van der Waals surface area contributed by atoms with Crippen LogP contribution in [0.2, 0.25) is 0 Å². The second-order valence-corrected chi connectivity index (χ2v) is 6.82. The summed E-state index contributed by atoms with van der Waals surface area (Å²) in [6.45, 7) is 11.4. The van der Waals surface area contributed by atoms with E-state index in [1.807, 2.05) is 32.0 Å². The Bertz CT molecular complexity index is 464. The van der Waals surface area contributed by atoms with Crippen molar-refractivity contribution in [3.63, 3.8) is 0 Å². The molecule has 0 aliphatic carbocycles. The van der Waals surface area contributed by atoms with Gasteiger partial charge in [-0.05, 0) is 50.9 Å². The first kappa shape index (κ1) is 15.2. The molecule has 0 atom stereocenters. The molecule has 1 saturated heterocycles. The van der Waals surface area contributed by atoms with Gasteiger partial charge in [0.1, 0.15) is 0 Å². The van der Waals surface area contributed by atoms with Crippen LogP contribution in [-0.2, 0) is 0 Å². The van der Waals surface area contributed by atoms with Gasteiger partial charge in [-0.2, -0.15) is 0 Å². The van der Waals surface area contributed by atoms with Crippen molar-refractivity contribution in [1.29, 1.82) is 0 Å². The summed E-state index contributed by atoms with van der Waals surface area (Å²) in [7, 11) is 0. The van der Waals surface area contributed by atoms with Gasteiger partial charge >= 0.3 is 0 Å². The summed E-state index contributed by atoms with van der Waals surface area (Å²) in [4.78, 5) is 15.4. The second kappa shape index (κ2) is 6.09. The minimum absolute atomic E-state index is 0.290. The summed E-state index contributed by atoms with van der Waals surface area (Å²) >= 11 is 0. The number of likely N-dealkylation sites (tertiary alicyclic amines) is 1. The lowest BCUT2D eigenvalue weighted by Crippen LogP contribution is -2.42. The van der Waals surface area contributed by atoms with Crippen molar-refractivity contribution in [3.05, 3.63) is 34.9 Å². The van der Waals surface area contributed by atoms with Gasteiger partial charge in [-0.1, -0.05) is 38.5 Å². The van der Waals surface area contributed by atoms with Gasteiger partial charge in [0.25, 0.3) is 0 Å². The van der Waals surface area contributed by atoms with Crippen LogP contribution in [0.5, 0.6) is 0 Å². The van der Waals surface area contributed by atoms with E-state index in [0.717, 1.165) is 36.3 Å². The van der Waals surface area contributed by atoms with Gasteiger partial charge in [0.05, 0.1) is 0 Å². The molecule has 0 aromatic heterocycles. The fraction of sp³-hybridized carbons (Fsp3) is 0.611. The number of carbonyl (C=O) groups is 1.